The Hall–Kier alpha value is -2.33. The fraction of sp³-hybridized carbons (Fsp3) is 0.417. The fourth-order valence-corrected chi connectivity index (χ4v) is 4.58. The first kappa shape index (κ1) is 20.0. The minimum absolute atomic E-state index is 0.0423. The van der Waals surface area contributed by atoms with E-state index in [-0.39, 0.29) is 11.7 Å². The van der Waals surface area contributed by atoms with Crippen molar-refractivity contribution in [2.24, 2.45) is 0 Å². The van der Waals surface area contributed by atoms with E-state index in [2.05, 4.69) is 13.8 Å². The second kappa shape index (κ2) is 7.49. The zero-order valence-corrected chi connectivity index (χ0v) is 17.9. The van der Waals surface area contributed by atoms with Crippen molar-refractivity contribution in [1.29, 1.82) is 0 Å². The second-order valence-corrected chi connectivity index (χ2v) is 8.99. The molecule has 2 aromatic rings. The first-order valence-electron chi connectivity index (χ1n) is 10.2. The van der Waals surface area contributed by atoms with E-state index < -0.39 is 5.60 Å². The molecule has 0 bridgehead atoms. The molecule has 29 heavy (non-hydrogen) atoms. The number of ether oxygens (including phenoxy) is 1. The maximum atomic E-state index is 12.9. The number of Topliss-reactive ketones (excluding diaryl/α,β-unsaturated/α-hetero) is 1. The topological polar surface area (TPSA) is 46.6 Å². The van der Waals surface area contributed by atoms with Crippen molar-refractivity contribution in [3.05, 3.63) is 63.7 Å². The molecule has 0 aliphatic carbocycles. The van der Waals surface area contributed by atoms with Gasteiger partial charge in [0, 0.05) is 36.5 Å². The first-order chi connectivity index (χ1) is 13.8. The number of benzene rings is 2. The summed E-state index contributed by atoms with van der Waals surface area (Å²) in [6, 6.07) is 11.4. The number of carbonyl (C=O) groups excluding carboxylic acids is 2. The van der Waals surface area contributed by atoms with E-state index >= 15 is 0 Å². The van der Waals surface area contributed by atoms with Gasteiger partial charge in [-0.15, -0.1) is 0 Å². The summed E-state index contributed by atoms with van der Waals surface area (Å²) in [7, 11) is 0. The maximum Gasteiger partial charge on any atom is 0.253 e. The van der Waals surface area contributed by atoms with Gasteiger partial charge in [-0.1, -0.05) is 37.6 Å². The van der Waals surface area contributed by atoms with Gasteiger partial charge in [0.15, 0.2) is 5.78 Å². The molecule has 0 atom stereocenters. The monoisotopic (exact) mass is 411 g/mol. The number of nitrogens with zero attached hydrogens (tertiary/aromatic N) is 1. The van der Waals surface area contributed by atoms with Crippen LogP contribution in [0.25, 0.3) is 0 Å². The quantitative estimate of drug-likeness (QED) is 0.663. The van der Waals surface area contributed by atoms with Crippen molar-refractivity contribution >= 4 is 23.3 Å². The minimum Gasteiger partial charge on any atom is -0.486 e. The Labute approximate surface area is 176 Å². The van der Waals surface area contributed by atoms with Crippen LogP contribution in [-0.2, 0) is 0 Å². The van der Waals surface area contributed by atoms with Crippen LogP contribution < -0.4 is 4.74 Å². The van der Waals surface area contributed by atoms with E-state index in [0.717, 1.165) is 5.56 Å². The van der Waals surface area contributed by atoms with Gasteiger partial charge in [0.05, 0.1) is 12.0 Å². The molecule has 2 aliphatic rings. The van der Waals surface area contributed by atoms with Crippen LogP contribution in [0.3, 0.4) is 0 Å². The molecule has 4 rings (SSSR count). The van der Waals surface area contributed by atoms with Crippen LogP contribution in [0, 0.1) is 6.92 Å². The number of amides is 1. The molecule has 2 aromatic carbocycles. The molecule has 1 spiro atoms. The highest BCUT2D eigenvalue weighted by atomic mass is 35.5. The Bertz CT molecular complexity index is 957. The van der Waals surface area contributed by atoms with E-state index in [9.17, 15) is 9.59 Å². The smallest absolute Gasteiger partial charge is 0.253 e. The van der Waals surface area contributed by atoms with Crippen LogP contribution >= 0.6 is 11.6 Å². The Kier molecular flexibility index (Phi) is 5.16. The lowest BCUT2D eigenvalue weighted by molar-refractivity contribution is -0.00617. The molecule has 0 aromatic heterocycles. The predicted octanol–water partition coefficient (Wildman–Crippen LogP) is 5.41. The highest BCUT2D eigenvalue weighted by Gasteiger charge is 2.44. The van der Waals surface area contributed by atoms with Crippen LogP contribution in [0.4, 0.5) is 0 Å². The Morgan fingerprint density at radius 3 is 2.41 bits per heavy atom. The van der Waals surface area contributed by atoms with E-state index in [1.165, 1.54) is 5.56 Å². The summed E-state index contributed by atoms with van der Waals surface area (Å²) < 4.78 is 6.37. The third-order valence-corrected chi connectivity index (χ3v) is 6.35. The highest BCUT2D eigenvalue weighted by Crippen LogP contribution is 2.42. The Balaban J connectivity index is 1.48. The van der Waals surface area contributed by atoms with Gasteiger partial charge in [-0.2, -0.15) is 0 Å². The van der Waals surface area contributed by atoms with Crippen molar-refractivity contribution in [1.82, 2.24) is 4.90 Å². The fourth-order valence-electron chi connectivity index (χ4n) is 4.30. The van der Waals surface area contributed by atoms with Gasteiger partial charge in [-0.05, 0) is 48.2 Å². The molecule has 5 heteroatoms. The molecule has 152 valence electrons. The number of likely N-dealkylation sites (tertiary alicyclic amines) is 1. The predicted molar refractivity (Wildman–Crippen MR) is 114 cm³/mol. The molecule has 2 heterocycles. The standard InChI is InChI=1S/C24H26ClNO3/c1-15(2)17-4-6-18(7-5-17)23(28)26-10-8-24(9-11-26)14-21(27)20-13-19(25)12-16(3)22(20)29-24/h4-7,12-13,15H,8-11,14H2,1-3H3. The molecule has 1 saturated heterocycles. The van der Waals surface area contributed by atoms with Crippen LogP contribution in [0.5, 0.6) is 5.75 Å². The number of rotatable bonds is 2. The Morgan fingerprint density at radius 2 is 1.79 bits per heavy atom. The van der Waals surface area contributed by atoms with Gasteiger partial charge in [-0.3, -0.25) is 9.59 Å². The zero-order valence-electron chi connectivity index (χ0n) is 17.1. The average molecular weight is 412 g/mol. The number of ketones is 1. The van der Waals surface area contributed by atoms with Crippen molar-refractivity contribution in [3.63, 3.8) is 0 Å². The van der Waals surface area contributed by atoms with Gasteiger partial charge in [-0.25, -0.2) is 0 Å². The van der Waals surface area contributed by atoms with Crippen LogP contribution in [0.1, 0.15) is 70.9 Å². The molecule has 0 unspecified atom stereocenters. The lowest BCUT2D eigenvalue weighted by Gasteiger charge is -2.44. The molecular weight excluding hydrogens is 386 g/mol. The summed E-state index contributed by atoms with van der Waals surface area (Å²) >= 11 is 6.11. The van der Waals surface area contributed by atoms with Gasteiger partial charge in [0.25, 0.3) is 5.91 Å². The summed E-state index contributed by atoms with van der Waals surface area (Å²) in [5.41, 5.74) is 2.86. The van der Waals surface area contributed by atoms with Gasteiger partial charge in [0.1, 0.15) is 11.4 Å². The summed E-state index contributed by atoms with van der Waals surface area (Å²) in [6.07, 6.45) is 1.64. The number of hydrogen-bond donors (Lipinski definition) is 0. The molecule has 4 nitrogen and oxygen atoms in total. The number of halogens is 1. The van der Waals surface area contributed by atoms with Crippen molar-refractivity contribution < 1.29 is 14.3 Å². The lowest BCUT2D eigenvalue weighted by atomic mass is 9.82. The van der Waals surface area contributed by atoms with Crippen molar-refractivity contribution in [2.75, 3.05) is 13.1 Å². The molecule has 2 aliphatic heterocycles. The number of hydrogen-bond acceptors (Lipinski definition) is 3. The number of carbonyl (C=O) groups is 2. The molecule has 0 saturated carbocycles. The lowest BCUT2D eigenvalue weighted by Crippen LogP contribution is -2.52. The SMILES string of the molecule is Cc1cc(Cl)cc2c1OC1(CCN(C(=O)c3ccc(C(C)C)cc3)CC1)CC2=O. The molecule has 0 radical (unpaired) electrons. The van der Waals surface area contributed by atoms with Crippen molar-refractivity contribution in [2.45, 2.75) is 51.6 Å². The third kappa shape index (κ3) is 3.78. The first-order valence-corrected chi connectivity index (χ1v) is 10.6. The maximum absolute atomic E-state index is 12.9. The van der Waals surface area contributed by atoms with Crippen molar-refractivity contribution in [3.8, 4) is 5.75 Å². The number of aryl methyl sites for hydroxylation is 1. The molecular formula is C24H26ClNO3. The molecule has 1 amide bonds. The van der Waals surface area contributed by atoms with E-state index in [1.807, 2.05) is 42.2 Å². The summed E-state index contributed by atoms with van der Waals surface area (Å²) in [5, 5.41) is 0.554. The summed E-state index contributed by atoms with van der Waals surface area (Å²) in [4.78, 5) is 27.5. The zero-order chi connectivity index (χ0) is 20.8. The summed E-state index contributed by atoms with van der Waals surface area (Å²) in [6.45, 7) is 7.36. The van der Waals surface area contributed by atoms with E-state index in [1.54, 1.807) is 6.07 Å². The largest absolute Gasteiger partial charge is 0.486 e. The highest BCUT2D eigenvalue weighted by molar-refractivity contribution is 6.31. The van der Waals surface area contributed by atoms with Crippen LogP contribution in [0.2, 0.25) is 5.02 Å². The minimum atomic E-state index is -0.527. The van der Waals surface area contributed by atoms with Gasteiger partial charge >= 0.3 is 0 Å². The van der Waals surface area contributed by atoms with Gasteiger partial charge in [0.2, 0.25) is 0 Å². The molecule has 0 N–H and O–H groups in total. The number of piperidine rings is 1. The van der Waals surface area contributed by atoms with Crippen LogP contribution in [0.15, 0.2) is 36.4 Å². The average Bonchev–Trinajstić information content (AvgIpc) is 2.69. The number of fused-ring (bicyclic) bond motifs is 1. The second-order valence-electron chi connectivity index (χ2n) is 8.55. The van der Waals surface area contributed by atoms with Crippen LogP contribution in [-0.4, -0.2) is 35.3 Å². The van der Waals surface area contributed by atoms with Gasteiger partial charge < -0.3 is 9.64 Å². The normalized spacial score (nSPS) is 18.0. The Morgan fingerprint density at radius 1 is 1.14 bits per heavy atom. The van der Waals surface area contributed by atoms with E-state index in [4.69, 9.17) is 16.3 Å². The third-order valence-electron chi connectivity index (χ3n) is 6.13. The van der Waals surface area contributed by atoms with E-state index in [0.29, 0.717) is 60.2 Å². The molecule has 1 fully saturated rings. The summed E-state index contributed by atoms with van der Waals surface area (Å²) in [5.74, 6) is 1.20.